The smallest absolute Gasteiger partial charge is 0.153 e. The molecule has 1 aromatic rings. The van der Waals surface area contributed by atoms with Crippen molar-refractivity contribution < 1.29 is 14.0 Å². The van der Waals surface area contributed by atoms with Crippen LogP contribution in [0, 0.1) is 17.7 Å². The molecular formula is C11H7FO2. The van der Waals surface area contributed by atoms with Crippen LogP contribution in [0.3, 0.4) is 0 Å². The molecule has 14 heavy (non-hydrogen) atoms. The lowest BCUT2D eigenvalue weighted by Gasteiger charge is -1.95. The van der Waals surface area contributed by atoms with Gasteiger partial charge in [0.2, 0.25) is 0 Å². The molecule has 0 aromatic heterocycles. The topological polar surface area (TPSA) is 34.1 Å². The summed E-state index contributed by atoms with van der Waals surface area (Å²) in [6.45, 7) is 0. The second-order valence-electron chi connectivity index (χ2n) is 2.50. The molecule has 1 rings (SSSR count). The summed E-state index contributed by atoms with van der Waals surface area (Å²) in [5.41, 5.74) is 0.111. The van der Waals surface area contributed by atoms with Gasteiger partial charge < -0.3 is 4.79 Å². The molecule has 0 spiro atoms. The van der Waals surface area contributed by atoms with Gasteiger partial charge in [-0.05, 0) is 12.1 Å². The Labute approximate surface area is 80.7 Å². The molecule has 70 valence electrons. The molecule has 0 heterocycles. The lowest BCUT2D eigenvalue weighted by Crippen LogP contribution is -1.91. The van der Waals surface area contributed by atoms with Gasteiger partial charge in [0, 0.05) is 0 Å². The molecule has 0 bridgehead atoms. The molecule has 3 heteroatoms. The number of carbonyl (C=O) groups excluding carboxylic acids is 2. The molecule has 1 aromatic carbocycles. The second-order valence-corrected chi connectivity index (χ2v) is 2.50. The minimum atomic E-state index is -0.638. The van der Waals surface area contributed by atoms with E-state index in [1.807, 2.05) is 0 Å². The maximum absolute atomic E-state index is 13.3. The normalized spacial score (nSPS) is 8.64. The number of rotatable bonds is 2. The molecule has 2 nitrogen and oxygen atoms in total. The van der Waals surface area contributed by atoms with Crippen LogP contribution < -0.4 is 0 Å². The Bertz CT molecular complexity index is 413. The van der Waals surface area contributed by atoms with E-state index in [0.29, 0.717) is 12.6 Å². The molecule has 0 aliphatic carbocycles. The van der Waals surface area contributed by atoms with Gasteiger partial charge in [0.1, 0.15) is 12.1 Å². The van der Waals surface area contributed by atoms with Crippen LogP contribution >= 0.6 is 0 Å². The van der Waals surface area contributed by atoms with E-state index >= 15 is 0 Å². The first kappa shape index (κ1) is 10.1. The molecule has 0 saturated heterocycles. The van der Waals surface area contributed by atoms with E-state index in [2.05, 4.69) is 11.8 Å². The maximum Gasteiger partial charge on any atom is 0.153 e. The van der Waals surface area contributed by atoms with Gasteiger partial charge in [-0.15, -0.1) is 0 Å². The largest absolute Gasteiger partial charge is 0.302 e. The van der Waals surface area contributed by atoms with Crippen LogP contribution in [0.2, 0.25) is 0 Å². The average molecular weight is 190 g/mol. The van der Waals surface area contributed by atoms with Crippen LogP contribution in [0.15, 0.2) is 18.2 Å². The van der Waals surface area contributed by atoms with Gasteiger partial charge in [-0.3, -0.25) is 4.79 Å². The van der Waals surface area contributed by atoms with Crippen molar-refractivity contribution >= 4 is 12.6 Å². The highest BCUT2D eigenvalue weighted by atomic mass is 19.1. The number of aldehydes is 2. The van der Waals surface area contributed by atoms with E-state index in [1.165, 1.54) is 18.2 Å². The van der Waals surface area contributed by atoms with Gasteiger partial charge in [-0.1, -0.05) is 17.9 Å². The monoisotopic (exact) mass is 190 g/mol. The fourth-order valence-corrected chi connectivity index (χ4v) is 0.925. The minimum Gasteiger partial charge on any atom is -0.302 e. The zero-order valence-corrected chi connectivity index (χ0v) is 7.29. The number of carbonyl (C=O) groups is 2. The highest BCUT2D eigenvalue weighted by Gasteiger charge is 2.03. The highest BCUT2D eigenvalue weighted by Crippen LogP contribution is 2.09. The summed E-state index contributed by atoms with van der Waals surface area (Å²) in [4.78, 5) is 20.3. The number of halogens is 1. The van der Waals surface area contributed by atoms with Crippen molar-refractivity contribution in [3.05, 3.63) is 35.1 Å². The molecule has 0 amide bonds. The van der Waals surface area contributed by atoms with Crippen molar-refractivity contribution in [3.8, 4) is 11.8 Å². The SMILES string of the molecule is O=CCC#Cc1cccc(C=O)c1F. The third-order valence-electron chi connectivity index (χ3n) is 1.56. The first-order valence-corrected chi connectivity index (χ1v) is 3.95. The predicted molar refractivity (Wildman–Crippen MR) is 49.3 cm³/mol. The second kappa shape index (κ2) is 4.93. The zero-order valence-electron chi connectivity index (χ0n) is 7.29. The molecule has 0 N–H and O–H groups in total. The van der Waals surface area contributed by atoms with E-state index < -0.39 is 5.82 Å². The van der Waals surface area contributed by atoms with Gasteiger partial charge >= 0.3 is 0 Å². The first-order valence-electron chi connectivity index (χ1n) is 3.95. The molecule has 0 aliphatic rings. The Morgan fingerprint density at radius 3 is 2.79 bits per heavy atom. The molecule has 0 radical (unpaired) electrons. The molecular weight excluding hydrogens is 183 g/mol. The standard InChI is InChI=1S/C11H7FO2/c12-11-9(4-1-2-7-13)5-3-6-10(11)8-14/h3,5-8H,2H2. The van der Waals surface area contributed by atoms with Crippen molar-refractivity contribution in [2.75, 3.05) is 0 Å². The zero-order chi connectivity index (χ0) is 10.4. The van der Waals surface area contributed by atoms with E-state index in [0.717, 1.165) is 0 Å². The van der Waals surface area contributed by atoms with Crippen LogP contribution in [0.25, 0.3) is 0 Å². The quantitative estimate of drug-likeness (QED) is 0.524. The minimum absolute atomic E-state index is 0.0251. The summed E-state index contributed by atoms with van der Waals surface area (Å²) in [5.74, 6) is 4.30. The fraction of sp³-hybridized carbons (Fsp3) is 0.0909. The van der Waals surface area contributed by atoms with Gasteiger partial charge in [-0.25, -0.2) is 4.39 Å². The molecule has 0 saturated carbocycles. The lowest BCUT2D eigenvalue weighted by molar-refractivity contribution is -0.107. The Morgan fingerprint density at radius 1 is 1.36 bits per heavy atom. The Hall–Kier alpha value is -1.95. The third kappa shape index (κ3) is 2.27. The summed E-state index contributed by atoms with van der Waals surface area (Å²) in [6, 6.07) is 4.37. The fourth-order valence-electron chi connectivity index (χ4n) is 0.925. The first-order chi connectivity index (χ1) is 6.79. The summed E-state index contributed by atoms with van der Waals surface area (Å²) >= 11 is 0. The van der Waals surface area contributed by atoms with Crippen LogP contribution in [-0.2, 0) is 4.79 Å². The van der Waals surface area contributed by atoms with Crippen molar-refractivity contribution in [3.63, 3.8) is 0 Å². The maximum atomic E-state index is 13.3. The summed E-state index contributed by atoms with van der Waals surface area (Å²) in [5, 5.41) is 0. The van der Waals surface area contributed by atoms with Gasteiger partial charge in [0.25, 0.3) is 0 Å². The van der Waals surface area contributed by atoms with Crippen LogP contribution in [0.5, 0.6) is 0 Å². The van der Waals surface area contributed by atoms with Crippen molar-refractivity contribution in [1.29, 1.82) is 0 Å². The van der Waals surface area contributed by atoms with Crippen LogP contribution in [0.1, 0.15) is 22.3 Å². The Morgan fingerprint density at radius 2 is 2.14 bits per heavy atom. The number of hydrogen-bond acceptors (Lipinski definition) is 2. The van der Waals surface area contributed by atoms with Crippen LogP contribution in [-0.4, -0.2) is 12.6 Å². The Kier molecular flexibility index (Phi) is 3.57. The van der Waals surface area contributed by atoms with Crippen molar-refractivity contribution in [2.45, 2.75) is 6.42 Å². The van der Waals surface area contributed by atoms with Crippen molar-refractivity contribution in [1.82, 2.24) is 0 Å². The Balaban J connectivity index is 3.05. The van der Waals surface area contributed by atoms with E-state index in [-0.39, 0.29) is 17.5 Å². The molecule has 0 aliphatic heterocycles. The van der Waals surface area contributed by atoms with Gasteiger partial charge in [-0.2, -0.15) is 0 Å². The number of hydrogen-bond donors (Lipinski definition) is 0. The van der Waals surface area contributed by atoms with Gasteiger partial charge in [0.05, 0.1) is 17.5 Å². The summed E-state index contributed by atoms with van der Waals surface area (Å²) < 4.78 is 13.3. The highest BCUT2D eigenvalue weighted by molar-refractivity contribution is 5.76. The van der Waals surface area contributed by atoms with E-state index in [4.69, 9.17) is 0 Å². The lowest BCUT2D eigenvalue weighted by atomic mass is 10.1. The number of benzene rings is 1. The molecule has 0 atom stereocenters. The summed E-state index contributed by atoms with van der Waals surface area (Å²) in [7, 11) is 0. The van der Waals surface area contributed by atoms with Crippen molar-refractivity contribution in [2.24, 2.45) is 0 Å². The van der Waals surface area contributed by atoms with Gasteiger partial charge in [0.15, 0.2) is 6.29 Å². The van der Waals surface area contributed by atoms with Crippen LogP contribution in [0.4, 0.5) is 4.39 Å². The van der Waals surface area contributed by atoms with E-state index in [9.17, 15) is 14.0 Å². The summed E-state index contributed by atoms with van der Waals surface area (Å²) in [6.07, 6.45) is 1.12. The average Bonchev–Trinajstić information content (AvgIpc) is 2.21. The molecule has 0 fully saturated rings. The molecule has 0 unspecified atom stereocenters. The third-order valence-corrected chi connectivity index (χ3v) is 1.56. The predicted octanol–water partition coefficient (Wildman–Crippen LogP) is 1.58. The van der Waals surface area contributed by atoms with E-state index in [1.54, 1.807) is 0 Å².